The second kappa shape index (κ2) is 6.71. The van der Waals surface area contributed by atoms with Gasteiger partial charge < -0.3 is 14.4 Å². The third-order valence-electron chi connectivity index (χ3n) is 2.69. The third kappa shape index (κ3) is 3.28. The molecule has 1 aliphatic heterocycles. The van der Waals surface area contributed by atoms with Crippen molar-refractivity contribution in [3.63, 3.8) is 0 Å². The van der Waals surface area contributed by atoms with Crippen LogP contribution >= 0.6 is 0 Å². The van der Waals surface area contributed by atoms with E-state index < -0.39 is 16.8 Å². The highest BCUT2D eigenvalue weighted by Gasteiger charge is 2.24. The topological polar surface area (TPSA) is 94.5 Å². The lowest BCUT2D eigenvalue weighted by Gasteiger charge is -2.28. The molecule has 1 aliphatic rings. The van der Waals surface area contributed by atoms with Gasteiger partial charge in [-0.1, -0.05) is 0 Å². The lowest BCUT2D eigenvalue weighted by molar-refractivity contribution is 0.0516. The summed E-state index contributed by atoms with van der Waals surface area (Å²) < 4.78 is 21.7. The van der Waals surface area contributed by atoms with E-state index in [1.807, 2.05) is 4.90 Å². The number of ether oxygens (including phenoxy) is 2. The summed E-state index contributed by atoms with van der Waals surface area (Å²) in [6, 6.07) is 0. The van der Waals surface area contributed by atoms with Gasteiger partial charge >= 0.3 is 5.97 Å². The van der Waals surface area contributed by atoms with Crippen LogP contribution < -0.4 is 4.90 Å². The van der Waals surface area contributed by atoms with Gasteiger partial charge in [-0.2, -0.15) is 4.98 Å². The predicted molar refractivity (Wildman–Crippen MR) is 71.1 cm³/mol. The van der Waals surface area contributed by atoms with Crippen LogP contribution in [0.15, 0.2) is 5.16 Å². The van der Waals surface area contributed by atoms with Crippen LogP contribution in [0.1, 0.15) is 17.4 Å². The second-order valence-electron chi connectivity index (χ2n) is 4.04. The average Bonchev–Trinajstić information content (AvgIpc) is 2.47. The number of anilines is 1. The molecule has 0 aromatic carbocycles. The van der Waals surface area contributed by atoms with E-state index >= 15 is 0 Å². The number of hydrogen-bond acceptors (Lipinski definition) is 8. The number of aromatic nitrogens is 3. The van der Waals surface area contributed by atoms with E-state index in [1.54, 1.807) is 6.92 Å². The zero-order valence-corrected chi connectivity index (χ0v) is 12.2. The zero-order valence-electron chi connectivity index (χ0n) is 11.4. The number of esters is 1. The maximum absolute atomic E-state index is 11.9. The van der Waals surface area contributed by atoms with Crippen molar-refractivity contribution in [2.24, 2.45) is 0 Å². The first-order chi connectivity index (χ1) is 9.63. The summed E-state index contributed by atoms with van der Waals surface area (Å²) in [7, 11) is -1.36. The highest BCUT2D eigenvalue weighted by atomic mass is 32.2. The first-order valence-corrected chi connectivity index (χ1v) is 7.77. The van der Waals surface area contributed by atoms with Crippen LogP contribution in [0.2, 0.25) is 0 Å². The highest BCUT2D eigenvalue weighted by Crippen LogP contribution is 2.18. The Labute approximate surface area is 118 Å². The van der Waals surface area contributed by atoms with Crippen LogP contribution in [-0.2, 0) is 20.3 Å². The molecule has 9 heteroatoms. The van der Waals surface area contributed by atoms with Gasteiger partial charge in [0.2, 0.25) is 10.9 Å². The van der Waals surface area contributed by atoms with E-state index in [9.17, 15) is 9.00 Å². The van der Waals surface area contributed by atoms with E-state index in [0.717, 1.165) is 0 Å². The molecule has 0 radical (unpaired) electrons. The summed E-state index contributed by atoms with van der Waals surface area (Å²) in [6.07, 6.45) is 1.46. The quantitative estimate of drug-likeness (QED) is 0.695. The Kier molecular flexibility index (Phi) is 4.96. The molecule has 1 aromatic heterocycles. The molecule has 1 fully saturated rings. The predicted octanol–water partition coefficient (Wildman–Crippen LogP) is -0.378. The minimum absolute atomic E-state index is 0.0444. The molecule has 8 nitrogen and oxygen atoms in total. The minimum atomic E-state index is -1.36. The number of carbonyl (C=O) groups excluding carboxylic acids is 1. The summed E-state index contributed by atoms with van der Waals surface area (Å²) in [5, 5.41) is 7.64. The van der Waals surface area contributed by atoms with E-state index in [0.29, 0.717) is 32.1 Å². The van der Waals surface area contributed by atoms with Gasteiger partial charge in [-0.25, -0.2) is 4.79 Å². The summed E-state index contributed by atoms with van der Waals surface area (Å²) in [5.74, 6) is -0.227. The maximum Gasteiger partial charge on any atom is 0.362 e. The van der Waals surface area contributed by atoms with Crippen molar-refractivity contribution in [2.45, 2.75) is 12.1 Å². The van der Waals surface area contributed by atoms with Crippen LogP contribution in [0.25, 0.3) is 0 Å². The molecule has 0 aliphatic carbocycles. The van der Waals surface area contributed by atoms with Gasteiger partial charge in [0.15, 0.2) is 5.82 Å². The van der Waals surface area contributed by atoms with Gasteiger partial charge in [0, 0.05) is 19.3 Å². The molecule has 0 amide bonds. The Morgan fingerprint density at radius 1 is 1.40 bits per heavy atom. The number of hydrogen-bond donors (Lipinski definition) is 0. The van der Waals surface area contributed by atoms with Crippen molar-refractivity contribution in [1.82, 2.24) is 15.2 Å². The van der Waals surface area contributed by atoms with E-state index in [1.165, 1.54) is 6.26 Å². The molecule has 110 valence electrons. The molecule has 0 bridgehead atoms. The molecule has 2 heterocycles. The highest BCUT2D eigenvalue weighted by molar-refractivity contribution is 7.84. The zero-order chi connectivity index (χ0) is 14.5. The fraction of sp³-hybridized carbons (Fsp3) is 0.636. The monoisotopic (exact) mass is 300 g/mol. The Morgan fingerprint density at radius 2 is 2.10 bits per heavy atom. The van der Waals surface area contributed by atoms with Crippen molar-refractivity contribution >= 4 is 22.6 Å². The standard InChI is InChI=1S/C11H16N4O4S/c1-3-19-10(16)8-9(15-4-6-18-7-5-15)12-11(14-13-8)20(2)17/h3-7H2,1-2H3. The summed E-state index contributed by atoms with van der Waals surface area (Å²) in [6.45, 7) is 4.20. The average molecular weight is 300 g/mol. The SMILES string of the molecule is CCOC(=O)c1nnc(S(C)=O)nc1N1CCOCC1. The fourth-order valence-corrected chi connectivity index (χ4v) is 2.12. The molecule has 1 aromatic rings. The minimum Gasteiger partial charge on any atom is -0.461 e. The van der Waals surface area contributed by atoms with Gasteiger partial charge in [-0.15, -0.1) is 10.2 Å². The maximum atomic E-state index is 11.9. The first kappa shape index (κ1) is 14.8. The summed E-state index contributed by atoms with van der Waals surface area (Å²) in [4.78, 5) is 17.9. The fourth-order valence-electron chi connectivity index (χ4n) is 1.75. The molecule has 2 rings (SSSR count). The number of carbonyl (C=O) groups is 1. The molecule has 0 N–H and O–H groups in total. The molecule has 1 unspecified atom stereocenters. The van der Waals surface area contributed by atoms with Crippen LogP contribution in [0.3, 0.4) is 0 Å². The summed E-state index contributed by atoms with van der Waals surface area (Å²) in [5.41, 5.74) is 0.0444. The smallest absolute Gasteiger partial charge is 0.362 e. The van der Waals surface area contributed by atoms with Crippen molar-refractivity contribution < 1.29 is 18.5 Å². The first-order valence-electron chi connectivity index (χ1n) is 6.21. The lowest BCUT2D eigenvalue weighted by atomic mass is 10.3. The largest absolute Gasteiger partial charge is 0.461 e. The Balaban J connectivity index is 2.39. The van der Waals surface area contributed by atoms with Crippen molar-refractivity contribution in [1.29, 1.82) is 0 Å². The molecule has 1 saturated heterocycles. The number of rotatable bonds is 4. The van der Waals surface area contributed by atoms with Gasteiger partial charge in [-0.05, 0) is 6.92 Å². The lowest BCUT2D eigenvalue weighted by Crippen LogP contribution is -2.38. The molecular formula is C11H16N4O4S. The van der Waals surface area contributed by atoms with Crippen molar-refractivity contribution in [3.05, 3.63) is 5.69 Å². The van der Waals surface area contributed by atoms with Crippen LogP contribution in [0, 0.1) is 0 Å². The normalized spacial score (nSPS) is 16.8. The number of morpholine rings is 1. The third-order valence-corrected chi connectivity index (χ3v) is 3.37. The van der Waals surface area contributed by atoms with Crippen molar-refractivity contribution in [3.8, 4) is 0 Å². The van der Waals surface area contributed by atoms with Crippen molar-refractivity contribution in [2.75, 3.05) is 44.1 Å². The Morgan fingerprint density at radius 3 is 2.70 bits per heavy atom. The van der Waals surface area contributed by atoms with E-state index in [2.05, 4.69) is 15.2 Å². The van der Waals surface area contributed by atoms with Gasteiger partial charge in [-0.3, -0.25) is 4.21 Å². The Bertz CT molecular complexity index is 519. The van der Waals surface area contributed by atoms with E-state index in [4.69, 9.17) is 9.47 Å². The second-order valence-corrected chi connectivity index (χ2v) is 5.31. The van der Waals surface area contributed by atoms with Gasteiger partial charge in [0.05, 0.1) is 30.6 Å². The molecular weight excluding hydrogens is 284 g/mol. The van der Waals surface area contributed by atoms with E-state index in [-0.39, 0.29) is 17.5 Å². The van der Waals surface area contributed by atoms with Crippen LogP contribution in [0.5, 0.6) is 0 Å². The Hall–Kier alpha value is -1.61. The molecule has 1 atom stereocenters. The van der Waals surface area contributed by atoms with Crippen LogP contribution in [0.4, 0.5) is 5.82 Å². The van der Waals surface area contributed by atoms with Gasteiger partial charge in [0.1, 0.15) is 0 Å². The molecule has 20 heavy (non-hydrogen) atoms. The number of nitrogens with zero attached hydrogens (tertiary/aromatic N) is 4. The van der Waals surface area contributed by atoms with Crippen LogP contribution in [-0.4, -0.2) is 64.5 Å². The van der Waals surface area contributed by atoms with Gasteiger partial charge in [0.25, 0.3) is 0 Å². The molecule has 0 saturated carbocycles. The molecule has 0 spiro atoms. The summed E-state index contributed by atoms with van der Waals surface area (Å²) >= 11 is 0.